The maximum atomic E-state index is 11.8. The Labute approximate surface area is 147 Å². The molecule has 0 bridgehead atoms. The largest absolute Gasteiger partial charge is 0.462 e. The van der Waals surface area contributed by atoms with Gasteiger partial charge in [0.15, 0.2) is 0 Å². The van der Waals surface area contributed by atoms with E-state index in [4.69, 9.17) is 9.47 Å². The second-order valence-corrected chi connectivity index (χ2v) is 5.85. The van der Waals surface area contributed by atoms with Gasteiger partial charge in [-0.1, -0.05) is 13.8 Å². The zero-order valence-electron chi connectivity index (χ0n) is 13.4. The van der Waals surface area contributed by atoms with E-state index in [1.54, 1.807) is 6.92 Å². The van der Waals surface area contributed by atoms with E-state index >= 15 is 0 Å². The molecule has 0 saturated heterocycles. The molecule has 1 rings (SSSR count). The summed E-state index contributed by atoms with van der Waals surface area (Å²) in [6, 6.07) is 3.26. The van der Waals surface area contributed by atoms with E-state index in [9.17, 15) is 22.6 Å². The molecule has 0 spiro atoms. The third kappa shape index (κ3) is 6.35. The Morgan fingerprint density at radius 2 is 1.57 bits per heavy atom. The summed E-state index contributed by atoms with van der Waals surface area (Å²) in [5.74, 6) is -1.62. The molecule has 0 aliphatic heterocycles. The molecule has 1 radical (unpaired) electrons. The van der Waals surface area contributed by atoms with Crippen molar-refractivity contribution in [2.45, 2.75) is 31.6 Å². The fourth-order valence-corrected chi connectivity index (χ4v) is 2.29. The Hall–Kier alpha value is -1.33. The van der Waals surface area contributed by atoms with Gasteiger partial charge in [0.05, 0.1) is 24.3 Å². The number of carbonyl (C=O) groups is 2. The number of carbonyl (C=O) groups excluding carboxylic acids is 2. The Balaban J connectivity index is 0.00000484. The van der Waals surface area contributed by atoms with Crippen molar-refractivity contribution in [1.82, 2.24) is 0 Å². The minimum Gasteiger partial charge on any atom is -0.462 e. The van der Waals surface area contributed by atoms with Crippen LogP contribution in [0.3, 0.4) is 0 Å². The first-order valence-electron chi connectivity index (χ1n) is 6.77. The molecule has 7 nitrogen and oxygen atoms in total. The molecular weight excluding hydrogens is 319 g/mol. The van der Waals surface area contributed by atoms with Gasteiger partial charge in [0, 0.05) is 18.9 Å². The van der Waals surface area contributed by atoms with E-state index in [2.05, 4.69) is 0 Å². The molecule has 1 aromatic carbocycles. The second kappa shape index (κ2) is 9.73. The smallest absolute Gasteiger partial charge is 0.339 e. The summed E-state index contributed by atoms with van der Waals surface area (Å²) in [6.07, 6.45) is 1.17. The van der Waals surface area contributed by atoms with Crippen LogP contribution in [0.5, 0.6) is 0 Å². The van der Waals surface area contributed by atoms with Gasteiger partial charge < -0.3 is 9.47 Å². The zero-order valence-corrected chi connectivity index (χ0v) is 14.2. The van der Waals surface area contributed by atoms with E-state index in [0.29, 0.717) is 12.8 Å². The number of ether oxygens (including phenoxy) is 2. The van der Waals surface area contributed by atoms with Crippen molar-refractivity contribution >= 4 is 40.9 Å². The minimum atomic E-state index is -4.69. The first-order valence-corrected chi connectivity index (χ1v) is 8.21. The standard InChI is InChI=1S/C14H18O7S.Li/c1-3-7-20-13(15)10-5-6-11(14(16)21-8-4-2)12(9-10)22(17,18)19;/h5-6,9H,3-4,7-8H2,1-2H3,(H,17,18,19);. The monoisotopic (exact) mass is 337 g/mol. The maximum absolute atomic E-state index is 11.8. The van der Waals surface area contributed by atoms with Gasteiger partial charge in [-0.15, -0.1) is 0 Å². The molecule has 0 unspecified atom stereocenters. The zero-order chi connectivity index (χ0) is 16.8. The van der Waals surface area contributed by atoms with Gasteiger partial charge in [-0.05, 0) is 31.0 Å². The molecule has 0 aliphatic rings. The van der Waals surface area contributed by atoms with Gasteiger partial charge in [0.1, 0.15) is 4.90 Å². The molecule has 0 heterocycles. The number of esters is 2. The van der Waals surface area contributed by atoms with E-state index in [-0.39, 0.29) is 43.2 Å². The van der Waals surface area contributed by atoms with E-state index in [1.807, 2.05) is 6.92 Å². The SMILES string of the molecule is CCCOC(=O)c1ccc(C(=O)OCCC)c(S(=O)(=O)O)c1.[Li]. The van der Waals surface area contributed by atoms with Crippen molar-refractivity contribution in [3.8, 4) is 0 Å². The van der Waals surface area contributed by atoms with Crippen molar-refractivity contribution in [1.29, 1.82) is 0 Å². The summed E-state index contributed by atoms with van der Waals surface area (Å²) in [4.78, 5) is 22.9. The van der Waals surface area contributed by atoms with Crippen LogP contribution >= 0.6 is 0 Å². The van der Waals surface area contributed by atoms with Gasteiger partial charge in [-0.3, -0.25) is 4.55 Å². The molecule has 0 aromatic heterocycles. The van der Waals surface area contributed by atoms with Crippen molar-refractivity contribution < 1.29 is 32.0 Å². The normalized spacial score (nSPS) is 10.6. The molecule has 0 amide bonds. The van der Waals surface area contributed by atoms with Crippen LogP contribution in [-0.2, 0) is 19.6 Å². The minimum absolute atomic E-state index is 0. The van der Waals surface area contributed by atoms with Crippen LogP contribution in [0.15, 0.2) is 23.1 Å². The quantitative estimate of drug-likeness (QED) is 0.458. The average molecular weight is 337 g/mol. The fourth-order valence-electron chi connectivity index (χ4n) is 1.58. The summed E-state index contributed by atoms with van der Waals surface area (Å²) in [7, 11) is -4.69. The second-order valence-electron chi connectivity index (χ2n) is 4.46. The van der Waals surface area contributed by atoms with Gasteiger partial charge in [0.25, 0.3) is 10.1 Å². The molecule has 123 valence electrons. The van der Waals surface area contributed by atoms with Crippen molar-refractivity contribution in [3.63, 3.8) is 0 Å². The summed E-state index contributed by atoms with van der Waals surface area (Å²) in [5.41, 5.74) is -0.406. The number of rotatable bonds is 7. The van der Waals surface area contributed by atoms with Gasteiger partial charge in [0.2, 0.25) is 0 Å². The topological polar surface area (TPSA) is 107 Å². The Kier molecular flexibility index (Phi) is 9.16. The molecule has 1 aromatic rings. The predicted molar refractivity (Wildman–Crippen MR) is 83.2 cm³/mol. The van der Waals surface area contributed by atoms with E-state index in [0.717, 1.165) is 12.1 Å². The third-order valence-corrected chi connectivity index (χ3v) is 3.48. The van der Waals surface area contributed by atoms with Crippen LogP contribution in [0.2, 0.25) is 0 Å². The van der Waals surface area contributed by atoms with Crippen molar-refractivity contribution in [2.24, 2.45) is 0 Å². The summed E-state index contributed by atoms with van der Waals surface area (Å²) in [6.45, 7) is 3.89. The van der Waals surface area contributed by atoms with E-state index < -0.39 is 27.0 Å². The summed E-state index contributed by atoms with van der Waals surface area (Å²) >= 11 is 0. The molecule has 0 aliphatic carbocycles. The maximum Gasteiger partial charge on any atom is 0.339 e. The van der Waals surface area contributed by atoms with Gasteiger partial charge >= 0.3 is 11.9 Å². The van der Waals surface area contributed by atoms with Crippen LogP contribution in [0, 0.1) is 0 Å². The number of hydrogen-bond donors (Lipinski definition) is 1. The molecule has 23 heavy (non-hydrogen) atoms. The Morgan fingerprint density at radius 3 is 2.04 bits per heavy atom. The first-order chi connectivity index (χ1) is 10.3. The molecule has 0 atom stereocenters. The summed E-state index contributed by atoms with van der Waals surface area (Å²) in [5, 5.41) is 0. The van der Waals surface area contributed by atoms with Crippen molar-refractivity contribution in [3.05, 3.63) is 29.3 Å². The van der Waals surface area contributed by atoms with Crippen LogP contribution < -0.4 is 0 Å². The number of hydrogen-bond acceptors (Lipinski definition) is 6. The van der Waals surface area contributed by atoms with Crippen LogP contribution in [0.1, 0.15) is 47.4 Å². The molecule has 0 fully saturated rings. The molecule has 9 heteroatoms. The number of benzene rings is 1. The van der Waals surface area contributed by atoms with Crippen molar-refractivity contribution in [2.75, 3.05) is 13.2 Å². The van der Waals surface area contributed by atoms with Crippen LogP contribution in [-0.4, -0.2) is 57.0 Å². The predicted octanol–water partition coefficient (Wildman–Crippen LogP) is 1.69. The molecular formula is C14H18LiO7S. The average Bonchev–Trinajstić information content (AvgIpc) is 2.48. The van der Waals surface area contributed by atoms with E-state index in [1.165, 1.54) is 6.07 Å². The van der Waals surface area contributed by atoms with Gasteiger partial charge in [-0.25, -0.2) is 9.59 Å². The van der Waals surface area contributed by atoms with Gasteiger partial charge in [-0.2, -0.15) is 8.42 Å². The van der Waals surface area contributed by atoms with Crippen LogP contribution in [0.4, 0.5) is 0 Å². The summed E-state index contributed by atoms with van der Waals surface area (Å²) < 4.78 is 41.8. The van der Waals surface area contributed by atoms with Crippen LogP contribution in [0.25, 0.3) is 0 Å². The Morgan fingerprint density at radius 1 is 1.04 bits per heavy atom. The molecule has 1 N–H and O–H groups in total. The molecule has 0 saturated carbocycles. The third-order valence-electron chi connectivity index (χ3n) is 2.59. The fraction of sp³-hybridized carbons (Fsp3) is 0.429. The first kappa shape index (κ1) is 21.7. The Bertz CT molecular complexity index is 655.